The van der Waals surface area contributed by atoms with Crippen molar-refractivity contribution in [3.8, 4) is 17.3 Å². The molecule has 0 aliphatic heterocycles. The number of aromatic nitrogens is 1. The quantitative estimate of drug-likeness (QED) is 0.428. The third-order valence-corrected chi connectivity index (χ3v) is 4.92. The number of nitrogens with zero attached hydrogens (tertiary/aromatic N) is 2. The van der Waals surface area contributed by atoms with Gasteiger partial charge in [-0.05, 0) is 22.4 Å². The molecular formula is C22H14N2S. The molecule has 3 aromatic carbocycles. The minimum Gasteiger partial charge on any atom is -0.235 e. The fourth-order valence-corrected chi connectivity index (χ4v) is 3.61. The van der Waals surface area contributed by atoms with Gasteiger partial charge in [0.1, 0.15) is 11.1 Å². The van der Waals surface area contributed by atoms with E-state index in [1.807, 2.05) is 66.1 Å². The summed E-state index contributed by atoms with van der Waals surface area (Å²) in [5.74, 6) is 0. The van der Waals surface area contributed by atoms with Crippen LogP contribution in [0.3, 0.4) is 0 Å². The van der Waals surface area contributed by atoms with Crippen LogP contribution in [0.15, 0.2) is 78.2 Å². The van der Waals surface area contributed by atoms with Crippen LogP contribution in [0, 0.1) is 11.3 Å². The molecule has 4 rings (SSSR count). The second kappa shape index (κ2) is 6.72. The SMILES string of the molecule is N#C/C(=C/c1cccc2ccccc12)c1nc(-c2ccccc2)cs1. The molecule has 2 nitrogen and oxygen atoms in total. The first kappa shape index (κ1) is 15.3. The number of nitriles is 1. The zero-order chi connectivity index (χ0) is 17.1. The second-order valence-corrected chi connectivity index (χ2v) is 6.50. The summed E-state index contributed by atoms with van der Waals surface area (Å²) in [6, 6.07) is 26.6. The summed E-state index contributed by atoms with van der Waals surface area (Å²) in [6.07, 6.45) is 1.93. The van der Waals surface area contributed by atoms with Crippen LogP contribution in [0.4, 0.5) is 0 Å². The normalized spacial score (nSPS) is 11.4. The zero-order valence-electron chi connectivity index (χ0n) is 13.4. The lowest BCUT2D eigenvalue weighted by Crippen LogP contribution is -1.84. The lowest BCUT2D eigenvalue weighted by Gasteiger charge is -2.02. The van der Waals surface area contributed by atoms with E-state index in [-0.39, 0.29) is 0 Å². The van der Waals surface area contributed by atoms with Crippen molar-refractivity contribution in [2.75, 3.05) is 0 Å². The predicted octanol–water partition coefficient (Wildman–Crippen LogP) is 6.03. The van der Waals surface area contributed by atoms with Crippen molar-refractivity contribution in [3.63, 3.8) is 0 Å². The van der Waals surface area contributed by atoms with Crippen LogP contribution in [0.1, 0.15) is 10.6 Å². The molecule has 0 saturated heterocycles. The maximum absolute atomic E-state index is 9.64. The molecule has 3 heteroatoms. The molecular weight excluding hydrogens is 324 g/mol. The van der Waals surface area contributed by atoms with Crippen LogP contribution in [0.2, 0.25) is 0 Å². The van der Waals surface area contributed by atoms with Gasteiger partial charge in [-0.3, -0.25) is 0 Å². The van der Waals surface area contributed by atoms with Crippen molar-refractivity contribution in [3.05, 3.63) is 88.7 Å². The van der Waals surface area contributed by atoms with Crippen LogP contribution < -0.4 is 0 Å². The van der Waals surface area contributed by atoms with Crippen molar-refractivity contribution in [1.82, 2.24) is 4.98 Å². The average Bonchev–Trinajstić information content (AvgIpc) is 3.17. The summed E-state index contributed by atoms with van der Waals surface area (Å²) in [5.41, 5.74) is 3.58. The first-order valence-corrected chi connectivity index (χ1v) is 8.84. The molecule has 1 aromatic heterocycles. The molecule has 0 amide bonds. The zero-order valence-corrected chi connectivity index (χ0v) is 14.2. The molecule has 0 aliphatic rings. The van der Waals surface area contributed by atoms with E-state index in [0.29, 0.717) is 5.57 Å². The Morgan fingerprint density at radius 3 is 2.52 bits per heavy atom. The Balaban J connectivity index is 1.77. The third kappa shape index (κ3) is 3.08. The van der Waals surface area contributed by atoms with E-state index < -0.39 is 0 Å². The lowest BCUT2D eigenvalue weighted by molar-refractivity contribution is 1.37. The molecule has 0 atom stereocenters. The van der Waals surface area contributed by atoms with Gasteiger partial charge in [0.05, 0.1) is 11.3 Å². The van der Waals surface area contributed by atoms with Gasteiger partial charge >= 0.3 is 0 Å². The maximum atomic E-state index is 9.64. The van der Waals surface area contributed by atoms with E-state index in [9.17, 15) is 5.26 Å². The summed E-state index contributed by atoms with van der Waals surface area (Å²) >= 11 is 1.50. The smallest absolute Gasteiger partial charge is 0.134 e. The van der Waals surface area contributed by atoms with E-state index >= 15 is 0 Å². The molecule has 0 aliphatic carbocycles. The van der Waals surface area contributed by atoms with Crippen LogP contribution in [0.25, 0.3) is 33.7 Å². The van der Waals surface area contributed by atoms with Gasteiger partial charge in [-0.1, -0.05) is 72.8 Å². The number of benzene rings is 3. The Labute approximate surface area is 150 Å². The molecule has 118 valence electrons. The third-order valence-electron chi connectivity index (χ3n) is 4.05. The van der Waals surface area contributed by atoms with Crippen LogP contribution in [0.5, 0.6) is 0 Å². The Morgan fingerprint density at radius 1 is 0.920 bits per heavy atom. The molecule has 0 radical (unpaired) electrons. The molecule has 0 unspecified atom stereocenters. The number of rotatable bonds is 3. The fraction of sp³-hybridized carbons (Fsp3) is 0. The highest BCUT2D eigenvalue weighted by molar-refractivity contribution is 7.11. The second-order valence-electron chi connectivity index (χ2n) is 5.64. The van der Waals surface area contributed by atoms with Crippen molar-refractivity contribution >= 4 is 33.8 Å². The first-order valence-electron chi connectivity index (χ1n) is 7.96. The maximum Gasteiger partial charge on any atom is 0.134 e. The van der Waals surface area contributed by atoms with Crippen molar-refractivity contribution in [2.45, 2.75) is 0 Å². The average molecular weight is 338 g/mol. The Kier molecular flexibility index (Phi) is 4.12. The molecule has 0 N–H and O–H groups in total. The number of hydrogen-bond acceptors (Lipinski definition) is 3. The van der Waals surface area contributed by atoms with E-state index in [1.165, 1.54) is 11.3 Å². The van der Waals surface area contributed by atoms with Gasteiger partial charge in [0, 0.05) is 10.9 Å². The minimum absolute atomic E-state index is 0.587. The van der Waals surface area contributed by atoms with E-state index in [4.69, 9.17) is 0 Å². The molecule has 0 fully saturated rings. The summed E-state index contributed by atoms with van der Waals surface area (Å²) < 4.78 is 0. The summed E-state index contributed by atoms with van der Waals surface area (Å²) in [5, 5.41) is 14.7. The van der Waals surface area contributed by atoms with Gasteiger partial charge < -0.3 is 0 Å². The molecule has 0 saturated carbocycles. The molecule has 4 aromatic rings. The highest BCUT2D eigenvalue weighted by Crippen LogP contribution is 2.28. The van der Waals surface area contributed by atoms with Gasteiger partial charge in [-0.15, -0.1) is 11.3 Å². The van der Waals surface area contributed by atoms with E-state index in [2.05, 4.69) is 29.3 Å². The fourth-order valence-electron chi connectivity index (χ4n) is 2.81. The molecule has 0 spiro atoms. The Bertz CT molecular complexity index is 1100. The van der Waals surface area contributed by atoms with E-state index in [1.54, 1.807) is 0 Å². The summed E-state index contributed by atoms with van der Waals surface area (Å²) in [4.78, 5) is 4.66. The number of fused-ring (bicyclic) bond motifs is 1. The van der Waals surface area contributed by atoms with Crippen LogP contribution in [-0.4, -0.2) is 4.98 Å². The molecule has 0 bridgehead atoms. The Morgan fingerprint density at radius 2 is 1.68 bits per heavy atom. The van der Waals surface area contributed by atoms with Crippen molar-refractivity contribution in [1.29, 1.82) is 5.26 Å². The van der Waals surface area contributed by atoms with Crippen LogP contribution in [-0.2, 0) is 0 Å². The van der Waals surface area contributed by atoms with E-state index in [0.717, 1.165) is 32.6 Å². The number of hydrogen-bond donors (Lipinski definition) is 0. The van der Waals surface area contributed by atoms with Gasteiger partial charge in [0.25, 0.3) is 0 Å². The first-order chi connectivity index (χ1) is 12.3. The summed E-state index contributed by atoms with van der Waals surface area (Å²) in [6.45, 7) is 0. The van der Waals surface area contributed by atoms with Gasteiger partial charge in [-0.2, -0.15) is 5.26 Å². The number of allylic oxidation sites excluding steroid dienone is 1. The number of thiazole rings is 1. The Hall–Kier alpha value is -3.22. The van der Waals surface area contributed by atoms with Crippen molar-refractivity contribution < 1.29 is 0 Å². The monoisotopic (exact) mass is 338 g/mol. The lowest BCUT2D eigenvalue weighted by atomic mass is 10.0. The highest BCUT2D eigenvalue weighted by Gasteiger charge is 2.09. The van der Waals surface area contributed by atoms with Gasteiger partial charge in [-0.25, -0.2) is 4.98 Å². The standard InChI is InChI=1S/C22H14N2S/c23-14-19(13-18-11-6-10-16-7-4-5-12-20(16)18)22-24-21(15-25-22)17-8-2-1-3-9-17/h1-13,15H/b19-13-. The largest absolute Gasteiger partial charge is 0.235 e. The molecule has 25 heavy (non-hydrogen) atoms. The molecule has 1 heterocycles. The van der Waals surface area contributed by atoms with Gasteiger partial charge in [0.2, 0.25) is 0 Å². The topological polar surface area (TPSA) is 36.7 Å². The minimum atomic E-state index is 0.587. The van der Waals surface area contributed by atoms with Gasteiger partial charge in [0.15, 0.2) is 0 Å². The predicted molar refractivity (Wildman–Crippen MR) is 105 cm³/mol. The summed E-state index contributed by atoms with van der Waals surface area (Å²) in [7, 11) is 0. The van der Waals surface area contributed by atoms with Crippen LogP contribution >= 0.6 is 11.3 Å². The highest BCUT2D eigenvalue weighted by atomic mass is 32.1. The van der Waals surface area contributed by atoms with Crippen molar-refractivity contribution in [2.24, 2.45) is 0 Å².